The first-order valence-electron chi connectivity index (χ1n) is 10.7. The third-order valence-corrected chi connectivity index (χ3v) is 6.42. The van der Waals surface area contributed by atoms with Crippen molar-refractivity contribution in [1.29, 1.82) is 0 Å². The normalized spacial score (nSPS) is 14.6. The first-order chi connectivity index (χ1) is 15.6. The number of aromatic nitrogens is 4. The number of halogens is 1. The molecule has 8 heteroatoms. The summed E-state index contributed by atoms with van der Waals surface area (Å²) < 4.78 is 14.3. The Labute approximate surface area is 182 Å². The van der Waals surface area contributed by atoms with Gasteiger partial charge in [-0.1, -0.05) is 6.07 Å². The monoisotopic (exact) mass is 428 g/mol. The Morgan fingerprint density at radius 1 is 1.03 bits per heavy atom. The molecule has 4 N–H and O–H groups in total. The Hall–Kier alpha value is -3.94. The summed E-state index contributed by atoms with van der Waals surface area (Å²) in [5.41, 5.74) is 10.1. The van der Waals surface area contributed by atoms with Crippen molar-refractivity contribution in [2.75, 3.05) is 23.7 Å². The molecule has 32 heavy (non-hydrogen) atoms. The highest BCUT2D eigenvalue weighted by molar-refractivity contribution is 6.17. The Morgan fingerprint density at radius 2 is 1.88 bits per heavy atom. The Bertz CT molecular complexity index is 1560. The van der Waals surface area contributed by atoms with Crippen LogP contribution in [0.1, 0.15) is 19.3 Å². The smallest absolute Gasteiger partial charge is 0.272 e. The van der Waals surface area contributed by atoms with E-state index >= 15 is 0 Å². The van der Waals surface area contributed by atoms with Crippen LogP contribution in [0.15, 0.2) is 47.5 Å². The minimum absolute atomic E-state index is 0.0967. The molecule has 1 aliphatic rings. The third-order valence-electron chi connectivity index (χ3n) is 6.42. The second kappa shape index (κ2) is 7.05. The molecule has 0 atom stereocenters. The van der Waals surface area contributed by atoms with Gasteiger partial charge in [-0.25, -0.2) is 4.39 Å². The first-order valence-corrected chi connectivity index (χ1v) is 10.7. The number of H-pyrrole nitrogens is 2. The maximum absolute atomic E-state index is 14.3. The van der Waals surface area contributed by atoms with E-state index in [0.29, 0.717) is 22.0 Å². The van der Waals surface area contributed by atoms with Crippen LogP contribution in [-0.4, -0.2) is 33.3 Å². The number of nitrogens with one attached hydrogen (secondary N) is 2. The molecule has 3 aromatic heterocycles. The topological polar surface area (TPSA) is 104 Å². The van der Waals surface area contributed by atoms with E-state index in [4.69, 9.17) is 5.73 Å². The number of anilines is 2. The van der Waals surface area contributed by atoms with Crippen molar-refractivity contribution in [1.82, 2.24) is 20.2 Å². The number of pyridine rings is 2. The van der Waals surface area contributed by atoms with Gasteiger partial charge in [0.25, 0.3) is 5.56 Å². The van der Waals surface area contributed by atoms with Crippen LogP contribution >= 0.6 is 0 Å². The van der Waals surface area contributed by atoms with E-state index in [1.165, 1.54) is 12.5 Å². The largest absolute Gasteiger partial charge is 0.394 e. The summed E-state index contributed by atoms with van der Waals surface area (Å²) in [4.78, 5) is 22.9. The fraction of sp³-hybridized carbons (Fsp3) is 0.208. The number of nitrogens with zero attached hydrogens (tertiary/aromatic N) is 3. The maximum atomic E-state index is 14.3. The predicted octanol–water partition coefficient (Wildman–Crippen LogP) is 4.33. The van der Waals surface area contributed by atoms with E-state index in [-0.39, 0.29) is 16.8 Å². The SMILES string of the molecule is Nc1c(-c2ccc(F)c3[nH]ncc23)c2cc(N3CCCCC3)c3ncccc3c2[nH]c1=O. The first kappa shape index (κ1) is 18.8. The summed E-state index contributed by atoms with van der Waals surface area (Å²) >= 11 is 0. The highest BCUT2D eigenvalue weighted by atomic mass is 19.1. The Balaban J connectivity index is 1.77. The Morgan fingerprint density at radius 3 is 2.72 bits per heavy atom. The molecule has 4 heterocycles. The molecular weight excluding hydrogens is 407 g/mol. The van der Waals surface area contributed by atoms with Crippen LogP contribution in [0.4, 0.5) is 15.8 Å². The maximum Gasteiger partial charge on any atom is 0.272 e. The number of nitrogens with two attached hydrogens (primary N) is 1. The summed E-state index contributed by atoms with van der Waals surface area (Å²) in [5.74, 6) is -0.405. The van der Waals surface area contributed by atoms with Crippen molar-refractivity contribution in [2.24, 2.45) is 0 Å². The summed E-state index contributed by atoms with van der Waals surface area (Å²) in [7, 11) is 0. The van der Waals surface area contributed by atoms with E-state index < -0.39 is 5.82 Å². The van der Waals surface area contributed by atoms with E-state index in [0.717, 1.165) is 47.9 Å². The molecule has 0 saturated carbocycles. The number of benzene rings is 2. The molecule has 0 spiro atoms. The lowest BCUT2D eigenvalue weighted by molar-refractivity contribution is 0.579. The Kier molecular flexibility index (Phi) is 4.14. The van der Waals surface area contributed by atoms with Gasteiger partial charge >= 0.3 is 0 Å². The molecule has 0 radical (unpaired) electrons. The van der Waals surface area contributed by atoms with Gasteiger partial charge in [-0.3, -0.25) is 14.9 Å². The van der Waals surface area contributed by atoms with Gasteiger partial charge in [0.15, 0.2) is 0 Å². The van der Waals surface area contributed by atoms with Crippen molar-refractivity contribution in [3.05, 3.63) is 58.9 Å². The van der Waals surface area contributed by atoms with Crippen molar-refractivity contribution in [2.45, 2.75) is 19.3 Å². The van der Waals surface area contributed by atoms with E-state index in [1.54, 1.807) is 18.5 Å². The molecule has 7 nitrogen and oxygen atoms in total. The van der Waals surface area contributed by atoms with E-state index in [2.05, 4.69) is 31.1 Å². The molecule has 6 rings (SSSR count). The molecule has 1 saturated heterocycles. The lowest BCUT2D eigenvalue weighted by Crippen LogP contribution is -2.29. The minimum Gasteiger partial charge on any atom is -0.394 e. The number of hydrogen-bond donors (Lipinski definition) is 3. The molecule has 0 unspecified atom stereocenters. The average Bonchev–Trinajstić information content (AvgIpc) is 3.32. The van der Waals surface area contributed by atoms with Crippen molar-refractivity contribution in [3.63, 3.8) is 0 Å². The fourth-order valence-electron chi connectivity index (χ4n) is 4.89. The van der Waals surface area contributed by atoms with Crippen LogP contribution in [0.5, 0.6) is 0 Å². The quantitative estimate of drug-likeness (QED) is 0.363. The molecule has 0 amide bonds. The van der Waals surface area contributed by atoms with Crippen molar-refractivity contribution < 1.29 is 4.39 Å². The molecule has 1 aliphatic heterocycles. The van der Waals surface area contributed by atoms with Gasteiger partial charge in [-0.05, 0) is 49.1 Å². The summed E-state index contributed by atoms with van der Waals surface area (Å²) in [5, 5.41) is 8.95. The summed E-state index contributed by atoms with van der Waals surface area (Å²) in [6, 6.07) is 8.92. The molecule has 160 valence electrons. The van der Waals surface area contributed by atoms with Crippen molar-refractivity contribution in [3.8, 4) is 11.1 Å². The van der Waals surface area contributed by atoms with Gasteiger partial charge in [-0.15, -0.1) is 0 Å². The zero-order valence-corrected chi connectivity index (χ0v) is 17.3. The summed E-state index contributed by atoms with van der Waals surface area (Å²) in [6.45, 7) is 1.90. The van der Waals surface area contributed by atoms with E-state index in [1.807, 2.05) is 12.1 Å². The molecular formula is C24H21FN6O. The van der Waals surface area contributed by atoms with Gasteiger partial charge in [0.1, 0.15) is 17.0 Å². The third kappa shape index (κ3) is 2.69. The fourth-order valence-corrected chi connectivity index (χ4v) is 4.89. The van der Waals surface area contributed by atoms with Gasteiger partial charge in [0.2, 0.25) is 0 Å². The van der Waals surface area contributed by atoms with Crippen LogP contribution in [0.25, 0.3) is 43.8 Å². The van der Waals surface area contributed by atoms with Crippen LogP contribution in [0.2, 0.25) is 0 Å². The zero-order chi connectivity index (χ0) is 21.8. The van der Waals surface area contributed by atoms with Crippen LogP contribution in [-0.2, 0) is 0 Å². The number of hydrogen-bond acceptors (Lipinski definition) is 5. The highest BCUT2D eigenvalue weighted by Crippen LogP contribution is 2.41. The van der Waals surface area contributed by atoms with Gasteiger partial charge in [0.05, 0.1) is 22.9 Å². The second-order valence-electron chi connectivity index (χ2n) is 8.26. The number of piperidine rings is 1. The van der Waals surface area contributed by atoms with Gasteiger partial charge < -0.3 is 15.6 Å². The number of aromatic amines is 2. The van der Waals surface area contributed by atoms with Crippen LogP contribution in [0, 0.1) is 5.82 Å². The standard InChI is InChI=1S/C24H21FN6O/c25-17-7-6-13(16-12-28-30-22(16)17)19-15-11-18(31-9-2-1-3-10-31)23-14(5-4-8-27-23)21(15)29-24(32)20(19)26/h4-8,11-12H,1-3,9-10,26H2,(H,28,30)(H,29,32). The molecule has 0 bridgehead atoms. The zero-order valence-electron chi connectivity index (χ0n) is 17.3. The molecule has 1 fully saturated rings. The number of nitrogen functional groups attached to an aromatic ring is 1. The van der Waals surface area contributed by atoms with E-state index in [9.17, 15) is 9.18 Å². The predicted molar refractivity (Wildman–Crippen MR) is 125 cm³/mol. The number of rotatable bonds is 2. The molecule has 0 aliphatic carbocycles. The summed E-state index contributed by atoms with van der Waals surface area (Å²) in [6.07, 6.45) is 6.80. The average molecular weight is 428 g/mol. The molecule has 2 aromatic carbocycles. The second-order valence-corrected chi connectivity index (χ2v) is 8.26. The van der Waals surface area contributed by atoms with Gasteiger partial charge in [0, 0.05) is 41.0 Å². The lowest BCUT2D eigenvalue weighted by Gasteiger charge is -2.30. The van der Waals surface area contributed by atoms with Gasteiger partial charge in [-0.2, -0.15) is 5.10 Å². The van der Waals surface area contributed by atoms with Crippen LogP contribution < -0.4 is 16.2 Å². The highest BCUT2D eigenvalue weighted by Gasteiger charge is 2.22. The van der Waals surface area contributed by atoms with Crippen LogP contribution in [0.3, 0.4) is 0 Å². The molecule has 5 aromatic rings. The van der Waals surface area contributed by atoms with Crippen molar-refractivity contribution >= 4 is 44.1 Å². The lowest BCUT2D eigenvalue weighted by atomic mass is 9.94. The number of fused-ring (bicyclic) bond motifs is 4. The minimum atomic E-state index is -0.405.